The second-order valence-corrected chi connectivity index (χ2v) is 9.26. The van der Waals surface area contributed by atoms with Gasteiger partial charge in [-0.25, -0.2) is 8.42 Å². The molecule has 3 aliphatic heterocycles. The third kappa shape index (κ3) is 3.64. The van der Waals surface area contributed by atoms with E-state index in [1.807, 2.05) is 23.1 Å². The van der Waals surface area contributed by atoms with Crippen LogP contribution in [-0.4, -0.2) is 57.5 Å². The van der Waals surface area contributed by atoms with Crippen LogP contribution < -0.4 is 15.0 Å². The Morgan fingerprint density at radius 2 is 1.80 bits per heavy atom. The third-order valence-electron chi connectivity index (χ3n) is 5.30. The molecule has 1 aromatic rings. The molecule has 0 radical (unpaired) electrons. The summed E-state index contributed by atoms with van der Waals surface area (Å²) in [6, 6.07) is 5.67. The van der Waals surface area contributed by atoms with Gasteiger partial charge in [0.05, 0.1) is 23.5 Å². The number of sulfone groups is 1. The van der Waals surface area contributed by atoms with E-state index in [0.717, 1.165) is 31.6 Å². The van der Waals surface area contributed by atoms with Gasteiger partial charge < -0.3 is 15.0 Å². The molecular formula is C17H23ClN2O4S. The molecule has 1 N–H and O–H groups in total. The number of carbonyl (C=O) groups excluding carboxylic acids is 1. The first kappa shape index (κ1) is 18.5. The first-order valence-corrected chi connectivity index (χ1v) is 10.3. The molecule has 0 amide bonds. The SMILES string of the molecule is Cl.O=C1CC2(CCNCC2)Oc2ccc(N3CCS(=O)(=O)CC3)cc21. The number of hydrogen-bond acceptors (Lipinski definition) is 6. The predicted molar refractivity (Wildman–Crippen MR) is 99.0 cm³/mol. The molecule has 2 saturated heterocycles. The van der Waals surface area contributed by atoms with Crippen molar-refractivity contribution in [1.82, 2.24) is 5.32 Å². The Balaban J connectivity index is 0.00000182. The van der Waals surface area contributed by atoms with Crippen LogP contribution in [0.2, 0.25) is 0 Å². The zero-order chi connectivity index (χ0) is 16.8. The van der Waals surface area contributed by atoms with Crippen LogP contribution in [0.15, 0.2) is 18.2 Å². The summed E-state index contributed by atoms with van der Waals surface area (Å²) < 4.78 is 29.4. The Morgan fingerprint density at radius 3 is 2.48 bits per heavy atom. The average Bonchev–Trinajstić information content (AvgIpc) is 2.55. The molecule has 1 aromatic carbocycles. The second kappa shape index (κ2) is 6.78. The number of piperidine rings is 1. The molecule has 0 atom stereocenters. The van der Waals surface area contributed by atoms with E-state index in [9.17, 15) is 13.2 Å². The van der Waals surface area contributed by atoms with Crippen molar-refractivity contribution in [3.8, 4) is 5.75 Å². The van der Waals surface area contributed by atoms with Gasteiger partial charge in [0.2, 0.25) is 0 Å². The highest BCUT2D eigenvalue weighted by molar-refractivity contribution is 7.91. The Hall–Kier alpha value is -1.31. The van der Waals surface area contributed by atoms with E-state index in [0.29, 0.717) is 30.8 Å². The molecule has 0 saturated carbocycles. The lowest BCUT2D eigenvalue weighted by Crippen LogP contribution is -2.49. The van der Waals surface area contributed by atoms with Crippen molar-refractivity contribution in [1.29, 1.82) is 0 Å². The minimum Gasteiger partial charge on any atom is -0.486 e. The van der Waals surface area contributed by atoms with Gasteiger partial charge in [0.1, 0.15) is 11.4 Å². The summed E-state index contributed by atoms with van der Waals surface area (Å²) in [5.74, 6) is 1.14. The van der Waals surface area contributed by atoms with Crippen molar-refractivity contribution < 1.29 is 17.9 Å². The fourth-order valence-corrected chi connectivity index (χ4v) is 5.01. The molecule has 6 nitrogen and oxygen atoms in total. The van der Waals surface area contributed by atoms with Gasteiger partial charge in [0.15, 0.2) is 15.6 Å². The van der Waals surface area contributed by atoms with Crippen LogP contribution in [0.25, 0.3) is 0 Å². The normalized spacial score (nSPS) is 24.2. The molecule has 1 spiro atoms. The first-order chi connectivity index (χ1) is 11.5. The minimum absolute atomic E-state index is 0. The molecular weight excluding hydrogens is 364 g/mol. The summed E-state index contributed by atoms with van der Waals surface area (Å²) in [5, 5.41) is 3.31. The highest BCUT2D eigenvalue weighted by atomic mass is 35.5. The fraction of sp³-hybridized carbons (Fsp3) is 0.588. The summed E-state index contributed by atoms with van der Waals surface area (Å²) in [5.41, 5.74) is 1.18. The number of hydrogen-bond donors (Lipinski definition) is 1. The van der Waals surface area contributed by atoms with Crippen LogP contribution in [0.5, 0.6) is 5.75 Å². The Bertz CT molecular complexity index is 761. The van der Waals surface area contributed by atoms with Gasteiger partial charge in [0, 0.05) is 31.6 Å². The lowest BCUT2D eigenvalue weighted by Gasteiger charge is -2.41. The number of benzene rings is 1. The summed E-state index contributed by atoms with van der Waals surface area (Å²) in [7, 11) is -2.91. The first-order valence-electron chi connectivity index (χ1n) is 8.49. The van der Waals surface area contributed by atoms with E-state index < -0.39 is 9.84 Å². The highest BCUT2D eigenvalue weighted by Gasteiger charge is 2.41. The smallest absolute Gasteiger partial charge is 0.170 e. The lowest BCUT2D eigenvalue weighted by molar-refractivity contribution is 0.0187. The standard InChI is InChI=1S/C17H22N2O4S.ClH/c20-15-12-17(3-5-18-6-4-17)23-16-2-1-13(11-14(15)16)19-7-9-24(21,22)10-8-19;/h1-2,11,18H,3-10,12H2;1H. The van der Waals surface area contributed by atoms with E-state index in [1.54, 1.807) is 0 Å². The van der Waals surface area contributed by atoms with E-state index in [1.165, 1.54) is 0 Å². The summed E-state index contributed by atoms with van der Waals surface area (Å²) in [6.07, 6.45) is 2.13. The van der Waals surface area contributed by atoms with Crippen LogP contribution >= 0.6 is 12.4 Å². The molecule has 3 heterocycles. The fourth-order valence-electron chi connectivity index (χ4n) is 3.81. The van der Waals surface area contributed by atoms with E-state index in [4.69, 9.17) is 4.74 Å². The Morgan fingerprint density at radius 1 is 1.12 bits per heavy atom. The maximum Gasteiger partial charge on any atom is 0.170 e. The van der Waals surface area contributed by atoms with Crippen molar-refractivity contribution in [2.24, 2.45) is 0 Å². The maximum absolute atomic E-state index is 12.7. The number of rotatable bonds is 1. The van der Waals surface area contributed by atoms with Gasteiger partial charge in [-0.2, -0.15) is 0 Å². The lowest BCUT2D eigenvalue weighted by atomic mass is 9.83. The van der Waals surface area contributed by atoms with Gasteiger partial charge >= 0.3 is 0 Å². The highest BCUT2D eigenvalue weighted by Crippen LogP contribution is 2.39. The molecule has 3 aliphatic rings. The van der Waals surface area contributed by atoms with Gasteiger partial charge in [-0.1, -0.05) is 0 Å². The molecule has 0 aliphatic carbocycles. The number of Topliss-reactive ketones (excluding diaryl/α,β-unsaturated/α-hetero) is 1. The number of nitrogens with one attached hydrogen (secondary N) is 1. The van der Waals surface area contributed by atoms with Crippen molar-refractivity contribution in [3.63, 3.8) is 0 Å². The minimum atomic E-state index is -2.91. The molecule has 0 unspecified atom stereocenters. The summed E-state index contributed by atoms with van der Waals surface area (Å²) >= 11 is 0. The Labute approximate surface area is 154 Å². The van der Waals surface area contributed by atoms with Gasteiger partial charge in [0.25, 0.3) is 0 Å². The van der Waals surface area contributed by atoms with E-state index in [-0.39, 0.29) is 35.3 Å². The van der Waals surface area contributed by atoms with Gasteiger partial charge in [-0.15, -0.1) is 12.4 Å². The molecule has 138 valence electrons. The molecule has 2 fully saturated rings. The number of anilines is 1. The topological polar surface area (TPSA) is 75.7 Å². The average molecular weight is 387 g/mol. The Kier molecular flexibility index (Phi) is 5.01. The van der Waals surface area contributed by atoms with Crippen LogP contribution in [0.1, 0.15) is 29.6 Å². The van der Waals surface area contributed by atoms with Gasteiger partial charge in [-0.05, 0) is 31.3 Å². The number of carbonyl (C=O) groups is 1. The van der Waals surface area contributed by atoms with Gasteiger partial charge in [-0.3, -0.25) is 4.79 Å². The van der Waals surface area contributed by atoms with Crippen molar-refractivity contribution in [3.05, 3.63) is 23.8 Å². The third-order valence-corrected chi connectivity index (χ3v) is 6.91. The molecule has 25 heavy (non-hydrogen) atoms. The number of ketones is 1. The van der Waals surface area contributed by atoms with Crippen LogP contribution in [0, 0.1) is 0 Å². The molecule has 8 heteroatoms. The number of ether oxygens (including phenoxy) is 1. The zero-order valence-electron chi connectivity index (χ0n) is 14.0. The molecule has 4 rings (SSSR count). The van der Waals surface area contributed by atoms with Crippen LogP contribution in [-0.2, 0) is 9.84 Å². The molecule has 0 aromatic heterocycles. The predicted octanol–water partition coefficient (Wildman–Crippen LogP) is 1.43. The van der Waals surface area contributed by atoms with Crippen molar-refractivity contribution >= 4 is 33.7 Å². The number of halogens is 1. The van der Waals surface area contributed by atoms with Crippen molar-refractivity contribution in [2.75, 3.05) is 42.6 Å². The summed E-state index contributed by atoms with van der Waals surface area (Å²) in [6.45, 7) is 2.71. The quantitative estimate of drug-likeness (QED) is 0.787. The number of nitrogens with zero attached hydrogens (tertiary/aromatic N) is 1. The number of fused-ring (bicyclic) bond motifs is 1. The second-order valence-electron chi connectivity index (χ2n) is 6.95. The maximum atomic E-state index is 12.7. The zero-order valence-corrected chi connectivity index (χ0v) is 15.6. The van der Waals surface area contributed by atoms with Crippen LogP contribution in [0.3, 0.4) is 0 Å². The summed E-state index contributed by atoms with van der Waals surface area (Å²) in [4.78, 5) is 14.7. The largest absolute Gasteiger partial charge is 0.486 e. The van der Waals surface area contributed by atoms with E-state index in [2.05, 4.69) is 5.32 Å². The van der Waals surface area contributed by atoms with Crippen LogP contribution in [0.4, 0.5) is 5.69 Å². The molecule has 0 bridgehead atoms. The van der Waals surface area contributed by atoms with E-state index >= 15 is 0 Å². The monoisotopic (exact) mass is 386 g/mol. The van der Waals surface area contributed by atoms with Crippen molar-refractivity contribution in [2.45, 2.75) is 24.9 Å².